The van der Waals surface area contributed by atoms with Crippen LogP contribution in [0.4, 0.5) is 0 Å². The van der Waals surface area contributed by atoms with Gasteiger partial charge in [-0.3, -0.25) is 4.79 Å². The second-order valence-electron chi connectivity index (χ2n) is 4.91. The summed E-state index contributed by atoms with van der Waals surface area (Å²) >= 11 is 1.71. The first-order chi connectivity index (χ1) is 10.1. The average Bonchev–Trinajstić information content (AvgIpc) is 2.90. The second kappa shape index (κ2) is 7.17. The summed E-state index contributed by atoms with van der Waals surface area (Å²) in [6.07, 6.45) is 1.42. The van der Waals surface area contributed by atoms with Gasteiger partial charge in [0.15, 0.2) is 0 Å². The van der Waals surface area contributed by atoms with E-state index in [0.717, 1.165) is 5.75 Å². The fourth-order valence-electron chi connectivity index (χ4n) is 1.97. The average molecular weight is 305 g/mol. The molecule has 0 unspecified atom stereocenters. The number of benzene rings is 1. The molecule has 1 aromatic carbocycles. The number of hydrogen-bond donors (Lipinski definition) is 2. The van der Waals surface area contributed by atoms with E-state index in [9.17, 15) is 9.59 Å². The highest BCUT2D eigenvalue weighted by atomic mass is 32.2. The monoisotopic (exact) mass is 305 g/mol. The van der Waals surface area contributed by atoms with Crippen LogP contribution in [0, 0.1) is 0 Å². The molecule has 0 atom stereocenters. The van der Waals surface area contributed by atoms with Gasteiger partial charge in [-0.1, -0.05) is 18.2 Å². The second-order valence-corrected chi connectivity index (χ2v) is 6.08. The van der Waals surface area contributed by atoms with Gasteiger partial charge < -0.3 is 14.9 Å². The summed E-state index contributed by atoms with van der Waals surface area (Å²) in [5.74, 6) is 0.653. The molecular formula is C15H19N3O2S. The number of nitrogens with zero attached hydrogens (tertiary/aromatic N) is 1. The minimum atomic E-state index is -0.360. The van der Waals surface area contributed by atoms with Crippen LogP contribution in [0.2, 0.25) is 0 Å². The topological polar surface area (TPSA) is 69.0 Å². The molecule has 0 aliphatic rings. The molecule has 0 saturated heterocycles. The zero-order chi connectivity index (χ0) is 15.2. The van der Waals surface area contributed by atoms with E-state index >= 15 is 0 Å². The van der Waals surface area contributed by atoms with Crippen LogP contribution in [0.1, 0.15) is 24.3 Å². The van der Waals surface area contributed by atoms with Crippen LogP contribution in [0.5, 0.6) is 0 Å². The Morgan fingerprint density at radius 2 is 2.00 bits per heavy atom. The molecule has 0 bridgehead atoms. The summed E-state index contributed by atoms with van der Waals surface area (Å²) < 4.78 is 0. The maximum Gasteiger partial charge on any atom is 0.323 e. The predicted molar refractivity (Wildman–Crippen MR) is 84.8 cm³/mol. The van der Waals surface area contributed by atoms with Crippen molar-refractivity contribution >= 4 is 17.7 Å². The van der Waals surface area contributed by atoms with Gasteiger partial charge in [-0.05, 0) is 26.0 Å². The first-order valence-corrected chi connectivity index (χ1v) is 7.83. The highest BCUT2D eigenvalue weighted by Gasteiger charge is 2.19. The van der Waals surface area contributed by atoms with Gasteiger partial charge in [-0.15, -0.1) is 11.8 Å². The van der Waals surface area contributed by atoms with Crippen molar-refractivity contribution in [2.24, 2.45) is 0 Å². The minimum absolute atomic E-state index is 0.0762. The van der Waals surface area contributed by atoms with E-state index < -0.39 is 0 Å². The number of aromatic amines is 2. The zero-order valence-electron chi connectivity index (χ0n) is 12.1. The lowest BCUT2D eigenvalue weighted by Crippen LogP contribution is -2.39. The van der Waals surface area contributed by atoms with Crippen molar-refractivity contribution < 1.29 is 4.79 Å². The van der Waals surface area contributed by atoms with Crippen molar-refractivity contribution in [3.05, 3.63) is 52.7 Å². The molecule has 0 radical (unpaired) electrons. The van der Waals surface area contributed by atoms with E-state index in [1.807, 2.05) is 32.0 Å². The molecule has 0 fully saturated rings. The third-order valence-corrected chi connectivity index (χ3v) is 4.05. The van der Waals surface area contributed by atoms with Crippen LogP contribution in [0.25, 0.3) is 0 Å². The Labute approximate surface area is 127 Å². The van der Waals surface area contributed by atoms with E-state index in [4.69, 9.17) is 0 Å². The van der Waals surface area contributed by atoms with Crippen LogP contribution in [0.15, 0.2) is 46.2 Å². The van der Waals surface area contributed by atoms with E-state index in [-0.39, 0.29) is 17.6 Å². The van der Waals surface area contributed by atoms with E-state index in [1.165, 1.54) is 11.1 Å². The summed E-state index contributed by atoms with van der Waals surface area (Å²) in [7, 11) is 0. The molecule has 0 saturated carbocycles. The minimum Gasteiger partial charge on any atom is -0.334 e. The Morgan fingerprint density at radius 1 is 1.29 bits per heavy atom. The summed E-state index contributed by atoms with van der Waals surface area (Å²) in [5, 5.41) is 0. The number of amides is 1. The highest BCUT2D eigenvalue weighted by Crippen LogP contribution is 2.17. The summed E-state index contributed by atoms with van der Waals surface area (Å²) in [5.41, 5.74) is -0.0564. The molecule has 1 amide bonds. The smallest absolute Gasteiger partial charge is 0.323 e. The van der Waals surface area contributed by atoms with Gasteiger partial charge in [-0.25, -0.2) is 4.79 Å². The molecule has 2 N–H and O–H groups in total. The van der Waals surface area contributed by atoms with Crippen LogP contribution < -0.4 is 5.69 Å². The Kier molecular flexibility index (Phi) is 5.27. The normalized spacial score (nSPS) is 10.8. The van der Waals surface area contributed by atoms with Crippen molar-refractivity contribution in [1.82, 2.24) is 14.9 Å². The van der Waals surface area contributed by atoms with Crippen molar-refractivity contribution in [2.45, 2.75) is 24.8 Å². The number of nitrogens with one attached hydrogen (secondary N) is 2. The molecule has 1 aromatic heterocycles. The van der Waals surface area contributed by atoms with Gasteiger partial charge in [0.1, 0.15) is 5.69 Å². The number of rotatable bonds is 6. The Balaban J connectivity index is 1.96. The van der Waals surface area contributed by atoms with Crippen molar-refractivity contribution in [1.29, 1.82) is 0 Å². The molecule has 0 spiro atoms. The number of carbonyl (C=O) groups excluding carboxylic acids is 1. The number of hydrogen-bond acceptors (Lipinski definition) is 3. The fraction of sp³-hybridized carbons (Fsp3) is 0.333. The SMILES string of the molecule is CC(C)N(CCSc1ccccc1)C(=O)c1c[nH]c(=O)[nH]1. The largest absolute Gasteiger partial charge is 0.334 e. The zero-order valence-corrected chi connectivity index (χ0v) is 12.9. The quantitative estimate of drug-likeness (QED) is 0.805. The maximum atomic E-state index is 12.4. The highest BCUT2D eigenvalue weighted by molar-refractivity contribution is 7.99. The fourth-order valence-corrected chi connectivity index (χ4v) is 2.85. The lowest BCUT2D eigenvalue weighted by Gasteiger charge is -2.26. The Bertz CT molecular complexity index is 634. The molecule has 1 heterocycles. The van der Waals surface area contributed by atoms with Crippen molar-refractivity contribution in [3.63, 3.8) is 0 Å². The van der Waals surface area contributed by atoms with E-state index in [1.54, 1.807) is 16.7 Å². The van der Waals surface area contributed by atoms with Crippen LogP contribution >= 0.6 is 11.8 Å². The number of aromatic nitrogens is 2. The van der Waals surface area contributed by atoms with Crippen LogP contribution in [-0.2, 0) is 0 Å². The third-order valence-electron chi connectivity index (χ3n) is 3.05. The molecule has 2 aromatic rings. The summed E-state index contributed by atoms with van der Waals surface area (Å²) in [6, 6.07) is 10.2. The first-order valence-electron chi connectivity index (χ1n) is 6.84. The molecule has 0 aliphatic heterocycles. The molecule has 21 heavy (non-hydrogen) atoms. The van der Waals surface area contributed by atoms with Crippen LogP contribution in [0.3, 0.4) is 0 Å². The third kappa shape index (κ3) is 4.26. The number of thioether (sulfide) groups is 1. The van der Waals surface area contributed by atoms with Gasteiger partial charge in [-0.2, -0.15) is 0 Å². The van der Waals surface area contributed by atoms with E-state index in [0.29, 0.717) is 12.2 Å². The standard InChI is InChI=1S/C15H19N3O2S/c1-11(2)18(14(19)13-10-16-15(20)17-13)8-9-21-12-6-4-3-5-7-12/h3-7,10-11H,8-9H2,1-2H3,(H2,16,17,20). The predicted octanol–water partition coefficient (Wildman–Crippen LogP) is 2.35. The molecule has 6 heteroatoms. The molecular weight excluding hydrogens is 286 g/mol. The molecule has 2 rings (SSSR count). The van der Waals surface area contributed by atoms with Gasteiger partial charge in [0.2, 0.25) is 0 Å². The molecule has 5 nitrogen and oxygen atoms in total. The van der Waals surface area contributed by atoms with Crippen LogP contribution in [-0.4, -0.2) is 39.1 Å². The lowest BCUT2D eigenvalue weighted by molar-refractivity contribution is 0.0713. The lowest BCUT2D eigenvalue weighted by atomic mass is 10.3. The Morgan fingerprint density at radius 3 is 2.57 bits per heavy atom. The van der Waals surface area contributed by atoms with Gasteiger partial charge in [0.05, 0.1) is 0 Å². The van der Waals surface area contributed by atoms with Gasteiger partial charge in [0.25, 0.3) is 5.91 Å². The molecule has 112 valence electrons. The number of imidazole rings is 1. The van der Waals surface area contributed by atoms with Crippen molar-refractivity contribution in [2.75, 3.05) is 12.3 Å². The summed E-state index contributed by atoms with van der Waals surface area (Å²) in [6.45, 7) is 4.56. The molecule has 0 aliphatic carbocycles. The van der Waals surface area contributed by atoms with E-state index in [2.05, 4.69) is 22.1 Å². The van der Waals surface area contributed by atoms with Gasteiger partial charge >= 0.3 is 5.69 Å². The summed E-state index contributed by atoms with van der Waals surface area (Å²) in [4.78, 5) is 31.4. The number of carbonyl (C=O) groups is 1. The Hall–Kier alpha value is -1.95. The maximum absolute atomic E-state index is 12.4. The van der Waals surface area contributed by atoms with Crippen molar-refractivity contribution in [3.8, 4) is 0 Å². The first kappa shape index (κ1) is 15.4. The van der Waals surface area contributed by atoms with Gasteiger partial charge in [0, 0.05) is 29.4 Å². The number of H-pyrrole nitrogens is 2.